The van der Waals surface area contributed by atoms with E-state index >= 15 is 0 Å². The van der Waals surface area contributed by atoms with E-state index in [1.807, 2.05) is 77.7 Å². The smallest absolute Gasteiger partial charge is 0.254 e. The molecule has 3 heterocycles. The van der Waals surface area contributed by atoms with Crippen LogP contribution in [-0.4, -0.2) is 31.7 Å². The van der Waals surface area contributed by atoms with E-state index in [1.165, 1.54) is 0 Å². The highest BCUT2D eigenvalue weighted by Gasteiger charge is 2.31. The van der Waals surface area contributed by atoms with Gasteiger partial charge < -0.3 is 9.47 Å². The van der Waals surface area contributed by atoms with Gasteiger partial charge in [-0.1, -0.05) is 0 Å². The lowest BCUT2D eigenvalue weighted by Crippen LogP contribution is -2.30. The van der Waals surface area contributed by atoms with E-state index in [0.29, 0.717) is 0 Å². The SMILES string of the molecule is Cn1cc([C@@H]2CCCN2C(=O)c2ccc(-n3cccc3)cc2)cn1. The molecule has 4 rings (SSSR count). The van der Waals surface area contributed by atoms with Gasteiger partial charge in [0, 0.05) is 49.0 Å². The molecule has 122 valence electrons. The lowest BCUT2D eigenvalue weighted by molar-refractivity contribution is 0.0735. The maximum absolute atomic E-state index is 12.9. The molecule has 2 aromatic heterocycles. The van der Waals surface area contributed by atoms with Crippen LogP contribution in [0, 0.1) is 0 Å². The first-order valence-electron chi connectivity index (χ1n) is 8.25. The second-order valence-electron chi connectivity index (χ2n) is 6.24. The van der Waals surface area contributed by atoms with Gasteiger partial charge in [0.25, 0.3) is 5.91 Å². The summed E-state index contributed by atoms with van der Waals surface area (Å²) in [7, 11) is 1.91. The fourth-order valence-electron chi connectivity index (χ4n) is 3.42. The van der Waals surface area contributed by atoms with Crippen LogP contribution in [0.2, 0.25) is 0 Å². The topological polar surface area (TPSA) is 43.1 Å². The first-order chi connectivity index (χ1) is 11.7. The number of nitrogens with zero attached hydrogens (tertiary/aromatic N) is 4. The number of aryl methyl sites for hydroxylation is 1. The Balaban J connectivity index is 1.56. The molecule has 0 N–H and O–H groups in total. The zero-order chi connectivity index (χ0) is 16.5. The Morgan fingerprint density at radius 1 is 1.17 bits per heavy atom. The fourth-order valence-corrected chi connectivity index (χ4v) is 3.42. The van der Waals surface area contributed by atoms with E-state index in [0.717, 1.165) is 36.2 Å². The van der Waals surface area contributed by atoms with Crippen molar-refractivity contribution in [1.82, 2.24) is 19.2 Å². The zero-order valence-corrected chi connectivity index (χ0v) is 13.7. The molecular weight excluding hydrogens is 300 g/mol. The molecule has 1 amide bonds. The van der Waals surface area contributed by atoms with E-state index in [-0.39, 0.29) is 11.9 Å². The van der Waals surface area contributed by atoms with E-state index < -0.39 is 0 Å². The highest BCUT2D eigenvalue weighted by molar-refractivity contribution is 5.94. The predicted octanol–water partition coefficient (Wildman–Crippen LogP) is 3.19. The van der Waals surface area contributed by atoms with Crippen molar-refractivity contribution in [3.05, 3.63) is 72.3 Å². The Morgan fingerprint density at radius 2 is 1.92 bits per heavy atom. The van der Waals surface area contributed by atoms with Crippen molar-refractivity contribution in [2.45, 2.75) is 18.9 Å². The first kappa shape index (κ1) is 14.8. The summed E-state index contributed by atoms with van der Waals surface area (Å²) in [6.45, 7) is 0.803. The van der Waals surface area contributed by atoms with E-state index in [1.54, 1.807) is 4.68 Å². The standard InChI is InChI=1S/C19H20N4O/c1-21-14-16(13-20-21)18-5-4-12-23(18)19(24)15-6-8-17(9-7-15)22-10-2-3-11-22/h2-3,6-11,13-14,18H,4-5,12H2,1H3/t18-/m0/s1. The van der Waals surface area contributed by atoms with Gasteiger partial charge in [-0.2, -0.15) is 5.10 Å². The summed E-state index contributed by atoms with van der Waals surface area (Å²) >= 11 is 0. The Morgan fingerprint density at radius 3 is 2.58 bits per heavy atom. The van der Waals surface area contributed by atoms with Crippen LogP contribution >= 0.6 is 0 Å². The molecule has 0 unspecified atom stereocenters. The molecule has 0 radical (unpaired) electrons. The predicted molar refractivity (Wildman–Crippen MR) is 92.0 cm³/mol. The molecule has 0 spiro atoms. The van der Waals surface area contributed by atoms with E-state index in [2.05, 4.69) is 5.10 Å². The lowest BCUT2D eigenvalue weighted by Gasteiger charge is -2.24. The monoisotopic (exact) mass is 320 g/mol. The lowest BCUT2D eigenvalue weighted by atomic mass is 10.1. The number of carbonyl (C=O) groups excluding carboxylic acids is 1. The van der Waals surface area contributed by atoms with E-state index in [4.69, 9.17) is 0 Å². The second-order valence-corrected chi connectivity index (χ2v) is 6.24. The number of carbonyl (C=O) groups is 1. The van der Waals surface area contributed by atoms with Crippen molar-refractivity contribution in [3.8, 4) is 5.69 Å². The molecule has 5 heteroatoms. The number of hydrogen-bond acceptors (Lipinski definition) is 2. The summed E-state index contributed by atoms with van der Waals surface area (Å²) in [5.74, 6) is 0.0976. The summed E-state index contributed by atoms with van der Waals surface area (Å²) in [5.41, 5.74) is 2.91. The van der Waals surface area contributed by atoms with Crippen molar-refractivity contribution in [3.63, 3.8) is 0 Å². The molecule has 5 nitrogen and oxygen atoms in total. The van der Waals surface area contributed by atoms with Crippen LogP contribution in [0.5, 0.6) is 0 Å². The third-order valence-corrected chi connectivity index (χ3v) is 4.64. The number of aromatic nitrogens is 3. The largest absolute Gasteiger partial charge is 0.331 e. The Labute approximate surface area is 141 Å². The summed E-state index contributed by atoms with van der Waals surface area (Å²) in [6.07, 6.45) is 9.90. The molecule has 0 saturated carbocycles. The maximum Gasteiger partial charge on any atom is 0.254 e. The number of amides is 1. The van der Waals surface area contributed by atoms with Gasteiger partial charge in [0.15, 0.2) is 0 Å². The maximum atomic E-state index is 12.9. The quantitative estimate of drug-likeness (QED) is 0.744. The summed E-state index contributed by atoms with van der Waals surface area (Å²) in [5, 5.41) is 4.24. The normalized spacial score (nSPS) is 17.4. The average Bonchev–Trinajstić information content (AvgIpc) is 3.35. The number of benzene rings is 1. The van der Waals surface area contributed by atoms with Crippen LogP contribution in [-0.2, 0) is 7.05 Å². The number of hydrogen-bond donors (Lipinski definition) is 0. The summed E-state index contributed by atoms with van der Waals surface area (Å²) in [6, 6.07) is 11.9. The van der Waals surface area contributed by atoms with Crippen LogP contribution in [0.4, 0.5) is 0 Å². The van der Waals surface area contributed by atoms with Crippen LogP contribution in [0.3, 0.4) is 0 Å². The molecule has 1 aliphatic heterocycles. The molecule has 0 bridgehead atoms. The van der Waals surface area contributed by atoms with Gasteiger partial charge in [-0.25, -0.2) is 0 Å². The summed E-state index contributed by atoms with van der Waals surface area (Å²) < 4.78 is 3.82. The second kappa shape index (κ2) is 6.00. The molecule has 1 aromatic carbocycles. The van der Waals surface area contributed by atoms with Crippen LogP contribution in [0.25, 0.3) is 5.69 Å². The number of rotatable bonds is 3. The van der Waals surface area contributed by atoms with Crippen LogP contribution in [0.15, 0.2) is 61.2 Å². The molecule has 1 atom stereocenters. The Kier molecular flexibility index (Phi) is 3.69. The van der Waals surface area contributed by atoms with Crippen molar-refractivity contribution in [2.24, 2.45) is 7.05 Å². The highest BCUT2D eigenvalue weighted by atomic mass is 16.2. The van der Waals surface area contributed by atoms with Crippen molar-refractivity contribution in [2.75, 3.05) is 6.54 Å². The van der Waals surface area contributed by atoms with Crippen molar-refractivity contribution < 1.29 is 4.79 Å². The zero-order valence-electron chi connectivity index (χ0n) is 13.7. The molecule has 3 aromatic rings. The first-order valence-corrected chi connectivity index (χ1v) is 8.25. The third-order valence-electron chi connectivity index (χ3n) is 4.64. The summed E-state index contributed by atoms with van der Waals surface area (Å²) in [4.78, 5) is 14.9. The van der Waals surface area contributed by atoms with Gasteiger partial charge in [-0.3, -0.25) is 9.48 Å². The van der Waals surface area contributed by atoms with Gasteiger partial charge >= 0.3 is 0 Å². The number of likely N-dealkylation sites (tertiary alicyclic amines) is 1. The molecule has 1 aliphatic rings. The van der Waals surface area contributed by atoms with Crippen LogP contribution in [0.1, 0.15) is 34.8 Å². The molecule has 24 heavy (non-hydrogen) atoms. The van der Waals surface area contributed by atoms with Gasteiger partial charge in [0.05, 0.1) is 12.2 Å². The van der Waals surface area contributed by atoms with E-state index in [9.17, 15) is 4.79 Å². The minimum atomic E-state index is 0.0976. The van der Waals surface area contributed by atoms with Gasteiger partial charge in [-0.05, 0) is 49.2 Å². The molecule has 1 saturated heterocycles. The highest BCUT2D eigenvalue weighted by Crippen LogP contribution is 2.32. The van der Waals surface area contributed by atoms with Crippen molar-refractivity contribution in [1.29, 1.82) is 0 Å². The van der Waals surface area contributed by atoms with Gasteiger partial charge in [-0.15, -0.1) is 0 Å². The minimum Gasteiger partial charge on any atom is -0.331 e. The molecular formula is C19H20N4O. The average molecular weight is 320 g/mol. The molecule has 1 fully saturated rings. The van der Waals surface area contributed by atoms with Gasteiger partial charge in [0.1, 0.15) is 0 Å². The Bertz CT molecular complexity index is 833. The van der Waals surface area contributed by atoms with Gasteiger partial charge in [0.2, 0.25) is 0 Å². The fraction of sp³-hybridized carbons (Fsp3) is 0.263. The van der Waals surface area contributed by atoms with Crippen molar-refractivity contribution >= 4 is 5.91 Å². The Hall–Kier alpha value is -2.82. The molecule has 0 aliphatic carbocycles. The third kappa shape index (κ3) is 2.62. The van der Waals surface area contributed by atoms with Crippen LogP contribution < -0.4 is 0 Å². The minimum absolute atomic E-state index is 0.0976.